The molecule has 1 rings (SSSR count). The van der Waals surface area contributed by atoms with Crippen LogP contribution in [0, 0.1) is 19.8 Å². The number of hydrogen-bond donors (Lipinski definition) is 1. The van der Waals surface area contributed by atoms with Crippen molar-refractivity contribution in [3.05, 3.63) is 23.3 Å². The highest BCUT2D eigenvalue weighted by Gasteiger charge is 2.13. The zero-order valence-corrected chi connectivity index (χ0v) is 10.4. The highest BCUT2D eigenvalue weighted by molar-refractivity contribution is 7.80. The van der Waals surface area contributed by atoms with Crippen LogP contribution in [0.1, 0.15) is 25.0 Å². The molecular formula is C12H16O2S. The highest BCUT2D eigenvalue weighted by Crippen LogP contribution is 2.26. The van der Waals surface area contributed by atoms with Gasteiger partial charge in [0.1, 0.15) is 5.75 Å². The van der Waals surface area contributed by atoms with Crippen molar-refractivity contribution in [2.75, 3.05) is 0 Å². The van der Waals surface area contributed by atoms with Crippen LogP contribution in [0.5, 0.6) is 5.75 Å². The van der Waals surface area contributed by atoms with E-state index in [9.17, 15) is 4.79 Å². The van der Waals surface area contributed by atoms with E-state index in [2.05, 4.69) is 12.6 Å². The van der Waals surface area contributed by atoms with Crippen LogP contribution in [0.3, 0.4) is 0 Å². The van der Waals surface area contributed by atoms with E-state index in [0.29, 0.717) is 5.75 Å². The van der Waals surface area contributed by atoms with Gasteiger partial charge in [0.15, 0.2) is 0 Å². The average molecular weight is 224 g/mol. The van der Waals surface area contributed by atoms with Crippen LogP contribution < -0.4 is 4.74 Å². The van der Waals surface area contributed by atoms with Crippen LogP contribution in [-0.2, 0) is 4.79 Å². The Morgan fingerprint density at radius 3 is 2.13 bits per heavy atom. The summed E-state index contributed by atoms with van der Waals surface area (Å²) in [5.41, 5.74) is 1.88. The molecule has 0 aliphatic rings. The third kappa shape index (κ3) is 2.99. The van der Waals surface area contributed by atoms with E-state index in [1.165, 1.54) is 0 Å². The SMILES string of the molecule is Cc1cc(S)cc(C)c1OC(=O)C(C)C. The zero-order valence-electron chi connectivity index (χ0n) is 9.50. The van der Waals surface area contributed by atoms with E-state index in [0.717, 1.165) is 16.0 Å². The quantitative estimate of drug-likeness (QED) is 0.474. The maximum absolute atomic E-state index is 11.5. The first-order valence-corrected chi connectivity index (χ1v) is 5.38. The predicted molar refractivity (Wildman–Crippen MR) is 63.6 cm³/mol. The number of carbonyl (C=O) groups excluding carboxylic acids is 1. The topological polar surface area (TPSA) is 26.3 Å². The van der Waals surface area contributed by atoms with Gasteiger partial charge in [-0.3, -0.25) is 4.79 Å². The number of hydrogen-bond acceptors (Lipinski definition) is 3. The molecule has 82 valence electrons. The molecule has 0 heterocycles. The lowest BCUT2D eigenvalue weighted by Crippen LogP contribution is -2.16. The molecule has 0 aliphatic heterocycles. The third-order valence-electron chi connectivity index (χ3n) is 2.12. The first-order chi connectivity index (χ1) is 6.91. The summed E-state index contributed by atoms with van der Waals surface area (Å²) in [6, 6.07) is 3.78. The maximum atomic E-state index is 11.5. The number of ether oxygens (including phenoxy) is 1. The molecule has 0 aromatic heterocycles. The van der Waals surface area contributed by atoms with Gasteiger partial charge >= 0.3 is 5.97 Å². The fraction of sp³-hybridized carbons (Fsp3) is 0.417. The monoisotopic (exact) mass is 224 g/mol. The van der Waals surface area contributed by atoms with Crippen molar-refractivity contribution in [3.8, 4) is 5.75 Å². The van der Waals surface area contributed by atoms with E-state index < -0.39 is 0 Å². The maximum Gasteiger partial charge on any atom is 0.313 e. The van der Waals surface area contributed by atoms with Crippen molar-refractivity contribution in [2.45, 2.75) is 32.6 Å². The third-order valence-corrected chi connectivity index (χ3v) is 2.38. The zero-order chi connectivity index (χ0) is 11.6. The van der Waals surface area contributed by atoms with Crippen molar-refractivity contribution in [3.63, 3.8) is 0 Å². The lowest BCUT2D eigenvalue weighted by Gasteiger charge is -2.12. The van der Waals surface area contributed by atoms with Gasteiger partial charge in [0.2, 0.25) is 0 Å². The standard InChI is InChI=1S/C12H16O2S/c1-7(2)12(13)14-11-8(3)5-10(15)6-9(11)4/h5-7,15H,1-4H3. The van der Waals surface area contributed by atoms with E-state index in [-0.39, 0.29) is 11.9 Å². The van der Waals surface area contributed by atoms with Crippen molar-refractivity contribution in [1.29, 1.82) is 0 Å². The highest BCUT2D eigenvalue weighted by atomic mass is 32.1. The number of benzene rings is 1. The van der Waals surface area contributed by atoms with E-state index in [4.69, 9.17) is 4.74 Å². The molecule has 0 atom stereocenters. The Morgan fingerprint density at radius 2 is 1.73 bits per heavy atom. The number of rotatable bonds is 2. The molecule has 0 bridgehead atoms. The van der Waals surface area contributed by atoms with Gasteiger partial charge in [0.25, 0.3) is 0 Å². The van der Waals surface area contributed by atoms with E-state index in [1.807, 2.05) is 39.8 Å². The van der Waals surface area contributed by atoms with Crippen LogP contribution in [0.2, 0.25) is 0 Å². The number of esters is 1. The molecule has 0 saturated carbocycles. The van der Waals surface area contributed by atoms with Crippen LogP contribution in [-0.4, -0.2) is 5.97 Å². The minimum Gasteiger partial charge on any atom is -0.426 e. The summed E-state index contributed by atoms with van der Waals surface area (Å²) in [4.78, 5) is 12.3. The number of carbonyl (C=O) groups is 1. The second kappa shape index (κ2) is 4.71. The fourth-order valence-electron chi connectivity index (χ4n) is 1.31. The molecule has 0 fully saturated rings. The second-order valence-electron chi connectivity index (χ2n) is 3.98. The van der Waals surface area contributed by atoms with Gasteiger partial charge in [0.05, 0.1) is 5.92 Å². The van der Waals surface area contributed by atoms with Gasteiger partial charge < -0.3 is 4.74 Å². The lowest BCUT2D eigenvalue weighted by atomic mass is 10.1. The summed E-state index contributed by atoms with van der Waals surface area (Å²) in [5, 5.41) is 0. The smallest absolute Gasteiger partial charge is 0.313 e. The van der Waals surface area contributed by atoms with Crippen LogP contribution >= 0.6 is 12.6 Å². The predicted octanol–water partition coefficient (Wildman–Crippen LogP) is 3.15. The minimum atomic E-state index is -0.201. The summed E-state index contributed by atoms with van der Waals surface area (Å²) in [6.07, 6.45) is 0. The molecule has 0 saturated heterocycles. The summed E-state index contributed by atoms with van der Waals surface area (Å²) < 4.78 is 5.32. The van der Waals surface area contributed by atoms with Gasteiger partial charge in [-0.1, -0.05) is 13.8 Å². The summed E-state index contributed by atoms with van der Waals surface area (Å²) in [7, 11) is 0. The Labute approximate surface area is 96.1 Å². The normalized spacial score (nSPS) is 10.5. The molecule has 1 aromatic rings. The Balaban J connectivity index is 3.00. The van der Waals surface area contributed by atoms with Crippen molar-refractivity contribution in [1.82, 2.24) is 0 Å². The second-order valence-corrected chi connectivity index (χ2v) is 4.50. The molecule has 0 N–H and O–H groups in total. The molecule has 0 aliphatic carbocycles. The molecule has 1 aromatic carbocycles. The van der Waals surface area contributed by atoms with Crippen LogP contribution in [0.15, 0.2) is 17.0 Å². The van der Waals surface area contributed by atoms with Crippen LogP contribution in [0.25, 0.3) is 0 Å². The van der Waals surface area contributed by atoms with Gasteiger partial charge in [-0.2, -0.15) is 0 Å². The first-order valence-electron chi connectivity index (χ1n) is 4.93. The number of aryl methyl sites for hydroxylation is 2. The molecule has 3 heteroatoms. The molecule has 0 amide bonds. The van der Waals surface area contributed by atoms with E-state index in [1.54, 1.807) is 0 Å². The number of thiol groups is 1. The lowest BCUT2D eigenvalue weighted by molar-refractivity contribution is -0.137. The van der Waals surface area contributed by atoms with Crippen molar-refractivity contribution < 1.29 is 9.53 Å². The minimum absolute atomic E-state index is 0.112. The van der Waals surface area contributed by atoms with Crippen LogP contribution in [0.4, 0.5) is 0 Å². The molecular weight excluding hydrogens is 208 g/mol. The summed E-state index contributed by atoms with van der Waals surface area (Å²) in [6.45, 7) is 7.46. The van der Waals surface area contributed by atoms with Gasteiger partial charge in [-0.15, -0.1) is 12.6 Å². The molecule has 15 heavy (non-hydrogen) atoms. The summed E-state index contributed by atoms with van der Waals surface area (Å²) >= 11 is 4.26. The molecule has 2 nitrogen and oxygen atoms in total. The molecule has 0 unspecified atom stereocenters. The summed E-state index contributed by atoms with van der Waals surface area (Å²) in [5.74, 6) is 0.346. The van der Waals surface area contributed by atoms with Gasteiger partial charge in [-0.25, -0.2) is 0 Å². The van der Waals surface area contributed by atoms with Gasteiger partial charge in [0, 0.05) is 4.90 Å². The Morgan fingerprint density at radius 1 is 1.27 bits per heavy atom. The van der Waals surface area contributed by atoms with Crippen molar-refractivity contribution in [2.24, 2.45) is 5.92 Å². The van der Waals surface area contributed by atoms with E-state index >= 15 is 0 Å². The largest absolute Gasteiger partial charge is 0.426 e. The Kier molecular flexibility index (Phi) is 3.80. The van der Waals surface area contributed by atoms with Crippen molar-refractivity contribution >= 4 is 18.6 Å². The Bertz CT molecular complexity index is 360. The molecule has 0 radical (unpaired) electrons. The Hall–Kier alpha value is -0.960. The first kappa shape index (κ1) is 12.1. The molecule has 0 spiro atoms. The van der Waals surface area contributed by atoms with Gasteiger partial charge in [-0.05, 0) is 37.1 Å². The average Bonchev–Trinajstić information content (AvgIpc) is 2.10. The fourth-order valence-corrected chi connectivity index (χ4v) is 1.69.